The quantitative estimate of drug-likeness (QED) is 0.783. The third-order valence-corrected chi connectivity index (χ3v) is 2.69. The molecule has 1 rings (SSSR count). The topological polar surface area (TPSA) is 68.9 Å². The molecule has 0 bridgehead atoms. The van der Waals surface area contributed by atoms with E-state index in [1.807, 2.05) is 20.8 Å². The predicted molar refractivity (Wildman–Crippen MR) is 62.6 cm³/mol. The van der Waals surface area contributed by atoms with E-state index in [9.17, 15) is 9.59 Å². The first-order valence-corrected chi connectivity index (χ1v) is 5.25. The maximum Gasteiger partial charge on any atom is 0.346 e. The maximum absolute atomic E-state index is 11.7. The number of nitrogens with one attached hydrogen (secondary N) is 1. The Morgan fingerprint density at radius 3 is 2.25 bits per heavy atom. The Labute approximate surface area is 93.9 Å². The smallest absolute Gasteiger partial charge is 0.346 e. The van der Waals surface area contributed by atoms with Gasteiger partial charge in [-0.3, -0.25) is 9.36 Å². The lowest BCUT2D eigenvalue weighted by molar-refractivity contribution is 0.544. The molecule has 1 heterocycles. The van der Waals surface area contributed by atoms with Crippen LogP contribution in [-0.4, -0.2) is 20.4 Å². The number of anilines is 1. The van der Waals surface area contributed by atoms with Gasteiger partial charge < -0.3 is 5.32 Å². The van der Waals surface area contributed by atoms with Crippen LogP contribution >= 0.6 is 0 Å². The molecule has 0 aliphatic carbocycles. The third-order valence-electron chi connectivity index (χ3n) is 2.69. The Hall–Kier alpha value is -1.59. The lowest BCUT2D eigenvalue weighted by atomic mass is 10.1. The zero-order valence-corrected chi connectivity index (χ0v) is 10.3. The van der Waals surface area contributed by atoms with Gasteiger partial charge >= 0.3 is 5.69 Å². The summed E-state index contributed by atoms with van der Waals surface area (Å²) in [5.41, 5.74) is -0.816. The van der Waals surface area contributed by atoms with Crippen LogP contribution < -0.4 is 16.6 Å². The maximum atomic E-state index is 11.7. The summed E-state index contributed by atoms with van der Waals surface area (Å²) in [4.78, 5) is 23.1. The Morgan fingerprint density at radius 1 is 1.19 bits per heavy atom. The fourth-order valence-electron chi connectivity index (χ4n) is 1.17. The Morgan fingerprint density at radius 2 is 1.75 bits per heavy atom. The highest BCUT2D eigenvalue weighted by Gasteiger charge is 2.13. The van der Waals surface area contributed by atoms with Crippen molar-refractivity contribution in [2.24, 2.45) is 20.0 Å². The molecule has 0 amide bonds. The SMILES string of the molecule is CC(C)C(C)Nc1nn(C)c(=O)n(C)c1=O. The van der Waals surface area contributed by atoms with Gasteiger partial charge in [-0.25, -0.2) is 9.48 Å². The van der Waals surface area contributed by atoms with Crippen LogP contribution in [0.3, 0.4) is 0 Å². The molecule has 1 aromatic heterocycles. The molecule has 1 aromatic rings. The minimum atomic E-state index is -0.423. The van der Waals surface area contributed by atoms with Crippen LogP contribution in [0.1, 0.15) is 20.8 Å². The molecular weight excluding hydrogens is 208 g/mol. The zero-order chi connectivity index (χ0) is 12.5. The van der Waals surface area contributed by atoms with E-state index in [1.165, 1.54) is 14.1 Å². The first-order valence-electron chi connectivity index (χ1n) is 5.25. The number of hydrogen-bond acceptors (Lipinski definition) is 4. The molecule has 6 heteroatoms. The molecule has 0 saturated heterocycles. The summed E-state index contributed by atoms with van der Waals surface area (Å²) >= 11 is 0. The van der Waals surface area contributed by atoms with Gasteiger partial charge in [0.25, 0.3) is 5.56 Å². The average Bonchev–Trinajstić information content (AvgIpc) is 2.22. The molecule has 0 aliphatic rings. The molecule has 0 spiro atoms. The molecule has 0 aromatic carbocycles. The number of nitrogens with zero attached hydrogens (tertiary/aromatic N) is 3. The van der Waals surface area contributed by atoms with Crippen LogP contribution in [0.15, 0.2) is 9.59 Å². The van der Waals surface area contributed by atoms with E-state index in [0.717, 1.165) is 9.25 Å². The van der Waals surface area contributed by atoms with E-state index >= 15 is 0 Å². The van der Waals surface area contributed by atoms with E-state index in [-0.39, 0.29) is 11.9 Å². The fourth-order valence-corrected chi connectivity index (χ4v) is 1.17. The largest absolute Gasteiger partial charge is 0.361 e. The molecular formula is C10H18N4O2. The molecule has 1 unspecified atom stereocenters. The molecule has 1 N–H and O–H groups in total. The van der Waals surface area contributed by atoms with Gasteiger partial charge in [-0.05, 0) is 12.8 Å². The van der Waals surface area contributed by atoms with Crippen molar-refractivity contribution >= 4 is 5.82 Å². The summed E-state index contributed by atoms with van der Waals surface area (Å²) in [5, 5.41) is 6.93. The number of aryl methyl sites for hydroxylation is 1. The van der Waals surface area contributed by atoms with Crippen molar-refractivity contribution in [3.8, 4) is 0 Å². The van der Waals surface area contributed by atoms with Crippen molar-refractivity contribution in [1.29, 1.82) is 0 Å². The minimum absolute atomic E-state index is 0.123. The molecule has 6 nitrogen and oxygen atoms in total. The van der Waals surface area contributed by atoms with Crippen LogP contribution in [0.5, 0.6) is 0 Å². The Bertz CT molecular complexity index is 487. The van der Waals surface area contributed by atoms with Gasteiger partial charge in [0.15, 0.2) is 0 Å². The Balaban J connectivity index is 3.17. The fraction of sp³-hybridized carbons (Fsp3) is 0.700. The van der Waals surface area contributed by atoms with Crippen LogP contribution in [0.2, 0.25) is 0 Å². The van der Waals surface area contributed by atoms with Crippen LogP contribution in [0.25, 0.3) is 0 Å². The first-order chi connectivity index (χ1) is 7.34. The highest BCUT2D eigenvalue weighted by atomic mass is 16.2. The van der Waals surface area contributed by atoms with E-state index in [4.69, 9.17) is 0 Å². The van der Waals surface area contributed by atoms with E-state index in [1.54, 1.807) is 0 Å². The summed E-state index contributed by atoms with van der Waals surface area (Å²) < 4.78 is 2.19. The van der Waals surface area contributed by atoms with Gasteiger partial charge in [0, 0.05) is 20.1 Å². The average molecular weight is 226 g/mol. The van der Waals surface area contributed by atoms with Crippen molar-refractivity contribution in [2.45, 2.75) is 26.8 Å². The van der Waals surface area contributed by atoms with Crippen molar-refractivity contribution < 1.29 is 0 Å². The van der Waals surface area contributed by atoms with Gasteiger partial charge in [-0.15, -0.1) is 5.10 Å². The molecule has 0 radical (unpaired) electrons. The standard InChI is InChI=1S/C10H18N4O2/c1-6(2)7(3)11-8-9(15)13(4)10(16)14(5)12-8/h6-7H,1-5H3,(H,11,12). The second kappa shape index (κ2) is 4.51. The van der Waals surface area contributed by atoms with Crippen LogP contribution in [0, 0.1) is 5.92 Å². The van der Waals surface area contributed by atoms with E-state index in [0.29, 0.717) is 5.92 Å². The van der Waals surface area contributed by atoms with Crippen LogP contribution in [-0.2, 0) is 14.1 Å². The number of rotatable bonds is 3. The minimum Gasteiger partial charge on any atom is -0.361 e. The second-order valence-corrected chi connectivity index (χ2v) is 4.30. The molecule has 0 aliphatic heterocycles. The normalized spacial score (nSPS) is 12.9. The summed E-state index contributed by atoms with van der Waals surface area (Å²) in [6, 6.07) is 0.123. The zero-order valence-electron chi connectivity index (χ0n) is 10.3. The van der Waals surface area contributed by atoms with Gasteiger partial charge in [-0.2, -0.15) is 0 Å². The summed E-state index contributed by atoms with van der Waals surface area (Å²) in [7, 11) is 2.96. The van der Waals surface area contributed by atoms with Gasteiger partial charge in [0.1, 0.15) is 0 Å². The van der Waals surface area contributed by atoms with E-state index in [2.05, 4.69) is 10.4 Å². The first kappa shape index (κ1) is 12.5. The second-order valence-electron chi connectivity index (χ2n) is 4.30. The number of aromatic nitrogens is 3. The molecule has 1 atom stereocenters. The monoisotopic (exact) mass is 226 g/mol. The van der Waals surface area contributed by atoms with Crippen molar-refractivity contribution in [2.75, 3.05) is 5.32 Å². The highest BCUT2D eigenvalue weighted by molar-refractivity contribution is 5.30. The molecule has 90 valence electrons. The molecule has 16 heavy (non-hydrogen) atoms. The van der Waals surface area contributed by atoms with E-state index < -0.39 is 11.2 Å². The van der Waals surface area contributed by atoms with Crippen molar-refractivity contribution in [3.05, 3.63) is 20.8 Å². The van der Waals surface area contributed by atoms with Crippen molar-refractivity contribution in [3.63, 3.8) is 0 Å². The summed E-state index contributed by atoms with van der Waals surface area (Å²) in [6.45, 7) is 6.06. The van der Waals surface area contributed by atoms with Gasteiger partial charge in [0.05, 0.1) is 0 Å². The van der Waals surface area contributed by atoms with Gasteiger partial charge in [0.2, 0.25) is 5.82 Å². The lowest BCUT2D eigenvalue weighted by Gasteiger charge is -2.17. The highest BCUT2D eigenvalue weighted by Crippen LogP contribution is 2.04. The molecule has 0 saturated carbocycles. The molecule has 0 fully saturated rings. The number of hydrogen-bond donors (Lipinski definition) is 1. The van der Waals surface area contributed by atoms with Gasteiger partial charge in [-0.1, -0.05) is 13.8 Å². The third kappa shape index (κ3) is 2.32. The summed E-state index contributed by atoms with van der Waals surface area (Å²) in [6.07, 6.45) is 0. The van der Waals surface area contributed by atoms with Crippen LogP contribution in [0.4, 0.5) is 5.82 Å². The Kier molecular flexibility index (Phi) is 3.51. The summed E-state index contributed by atoms with van der Waals surface area (Å²) in [5.74, 6) is 0.592. The van der Waals surface area contributed by atoms with Crippen molar-refractivity contribution in [1.82, 2.24) is 14.3 Å². The predicted octanol–water partition coefficient (Wildman–Crippen LogP) is -0.0646. The lowest BCUT2D eigenvalue weighted by Crippen LogP contribution is -2.41.